The largest absolute Gasteiger partial charge is 0.412 e. The summed E-state index contributed by atoms with van der Waals surface area (Å²) in [6, 6.07) is 0. The lowest BCUT2D eigenvalue weighted by atomic mass is 16.0. The van der Waals surface area contributed by atoms with Crippen LogP contribution in [0, 0.1) is 0 Å². The highest BCUT2D eigenvalue weighted by atomic mass is 35.5. The van der Waals surface area contributed by atoms with Crippen LogP contribution in [0.15, 0.2) is 0 Å². The van der Waals surface area contributed by atoms with E-state index in [1.165, 1.54) is 0 Å². The average Bonchev–Trinajstić information content (AvgIpc) is 0. The zero-order chi connectivity index (χ0) is 0. The summed E-state index contributed by atoms with van der Waals surface area (Å²) in [7, 11) is 0. The average molecular weight is 346 g/mol. The minimum atomic E-state index is 0. The topological polar surface area (TPSA) is 94.5 Å². The van der Waals surface area contributed by atoms with Crippen molar-refractivity contribution < 1.29 is 16.4 Å². The first-order chi connectivity index (χ1) is 0. The van der Waals surface area contributed by atoms with Gasteiger partial charge in [0.05, 0.1) is 0 Å². The fraction of sp³-hybridized carbons (Fsp3) is 0. The highest BCUT2D eigenvalue weighted by Crippen LogP contribution is 0.697. The van der Waals surface area contributed by atoms with Gasteiger partial charge in [0.15, 0.2) is 0 Å². The summed E-state index contributed by atoms with van der Waals surface area (Å²) in [6.45, 7) is 0. The monoisotopic (exact) mass is 342 g/mol. The molecule has 3 nitrogen and oxygen atoms in total. The number of rotatable bonds is 0. The fourth-order valence-corrected chi connectivity index (χ4v) is 0. The molecule has 88 valence electrons. The zero-order valence-electron chi connectivity index (χ0n) is 4.77. The van der Waals surface area contributed by atoms with E-state index >= 15 is 0 Å². The SMILES string of the molecule is Cl.Cl.Cl.Cl.Cl.Cl.Cl.Cl.O.O.O. The molecule has 0 bridgehead atoms. The van der Waals surface area contributed by atoms with Gasteiger partial charge in [-0.1, -0.05) is 0 Å². The van der Waals surface area contributed by atoms with E-state index in [1.54, 1.807) is 0 Å². The fourth-order valence-electron chi connectivity index (χ4n) is 0. The van der Waals surface area contributed by atoms with Gasteiger partial charge in [0.25, 0.3) is 0 Å². The third kappa shape index (κ3) is 262. The highest BCUT2D eigenvalue weighted by molar-refractivity contribution is 5.86. The Bertz CT molecular complexity index is 9.30. The molecule has 0 saturated heterocycles. The smallest absolute Gasteiger partial charge is 0.147 e. The summed E-state index contributed by atoms with van der Waals surface area (Å²) in [5.74, 6) is 0. The lowest BCUT2D eigenvalue weighted by molar-refractivity contribution is 0.823. The van der Waals surface area contributed by atoms with Crippen molar-refractivity contribution in [2.45, 2.75) is 0 Å². The lowest BCUT2D eigenvalue weighted by Gasteiger charge is -0.413. The predicted molar refractivity (Wildman–Crippen MR) is 68.8 cm³/mol. The molecule has 0 fully saturated rings. The molecule has 0 atom stereocenters. The maximum Gasteiger partial charge on any atom is -0.147 e. The minimum Gasteiger partial charge on any atom is -0.412 e. The van der Waals surface area contributed by atoms with E-state index in [0.717, 1.165) is 0 Å². The molecular weight excluding hydrogens is 332 g/mol. The Hall–Kier alpha value is 2.20. The van der Waals surface area contributed by atoms with E-state index in [4.69, 9.17) is 0 Å². The molecule has 0 radical (unpaired) electrons. The predicted octanol–water partition coefficient (Wildman–Crippen LogP) is 0.900. The van der Waals surface area contributed by atoms with E-state index in [0.29, 0.717) is 0 Å². The van der Waals surface area contributed by atoms with Gasteiger partial charge in [0.2, 0.25) is 0 Å². The Morgan fingerprint density at radius 1 is 0.182 bits per heavy atom. The number of hydrogen-bond donors (Lipinski definition) is 0. The standard InChI is InChI=1S/8ClH.3H2O/h8*1H;3*1H2. The molecule has 0 heterocycles. The van der Waals surface area contributed by atoms with Gasteiger partial charge in [-0.25, -0.2) is 0 Å². The molecule has 0 aliphatic heterocycles. The van der Waals surface area contributed by atoms with Gasteiger partial charge >= 0.3 is 0 Å². The van der Waals surface area contributed by atoms with Crippen molar-refractivity contribution in [2.75, 3.05) is 0 Å². The van der Waals surface area contributed by atoms with Crippen molar-refractivity contribution >= 4 is 99.3 Å². The zero-order valence-corrected chi connectivity index (χ0v) is 11.3. The normalized spacial score (nSPS) is 0. The molecule has 0 aliphatic carbocycles. The van der Waals surface area contributed by atoms with Crippen LogP contribution < -0.4 is 0 Å². The summed E-state index contributed by atoms with van der Waals surface area (Å²) in [4.78, 5) is 0. The molecule has 0 saturated carbocycles. The quantitative estimate of drug-likeness (QED) is 0.623. The minimum absolute atomic E-state index is 0. The Morgan fingerprint density at radius 2 is 0.182 bits per heavy atom. The third-order valence-electron chi connectivity index (χ3n) is 0. The Morgan fingerprint density at radius 3 is 0.182 bits per heavy atom. The van der Waals surface area contributed by atoms with Gasteiger partial charge in [-0.3, -0.25) is 0 Å². The molecule has 0 aromatic rings. The van der Waals surface area contributed by atoms with E-state index in [-0.39, 0.29) is 116 Å². The maximum atomic E-state index is 0. The number of hydrogen-bond acceptors (Lipinski definition) is 0. The molecular formula is H14Cl8O3. The summed E-state index contributed by atoms with van der Waals surface area (Å²) in [5, 5.41) is 0. The van der Waals surface area contributed by atoms with Crippen molar-refractivity contribution in [3.8, 4) is 0 Å². The van der Waals surface area contributed by atoms with Gasteiger partial charge < -0.3 is 16.4 Å². The summed E-state index contributed by atoms with van der Waals surface area (Å²) in [6.07, 6.45) is 0. The van der Waals surface area contributed by atoms with Gasteiger partial charge in [0, 0.05) is 0 Å². The molecule has 0 spiro atoms. The van der Waals surface area contributed by atoms with Crippen LogP contribution >= 0.6 is 99.3 Å². The Balaban J connectivity index is 0. The highest BCUT2D eigenvalue weighted by Gasteiger charge is -0.140. The molecule has 6 N–H and O–H groups in total. The second-order valence-electron chi connectivity index (χ2n) is 0. The van der Waals surface area contributed by atoms with Crippen LogP contribution in [0.3, 0.4) is 0 Å². The van der Waals surface area contributed by atoms with Gasteiger partial charge in [-0.15, -0.1) is 99.3 Å². The van der Waals surface area contributed by atoms with Crippen LogP contribution in [-0.4, -0.2) is 16.4 Å². The first-order valence-electron chi connectivity index (χ1n) is 0. The molecule has 11 heteroatoms. The molecule has 0 aromatic carbocycles. The Kier molecular flexibility index (Phi) is 11700. The second-order valence-corrected chi connectivity index (χ2v) is 0. The van der Waals surface area contributed by atoms with E-state index < -0.39 is 0 Å². The van der Waals surface area contributed by atoms with Crippen LogP contribution in [0.4, 0.5) is 0 Å². The van der Waals surface area contributed by atoms with Crippen molar-refractivity contribution in [3.63, 3.8) is 0 Å². The summed E-state index contributed by atoms with van der Waals surface area (Å²) in [5.41, 5.74) is 0. The van der Waals surface area contributed by atoms with Crippen LogP contribution in [-0.2, 0) is 0 Å². The first-order valence-corrected chi connectivity index (χ1v) is 0. The van der Waals surface area contributed by atoms with Gasteiger partial charge in [0.1, 0.15) is 0 Å². The first kappa shape index (κ1) is 406. The van der Waals surface area contributed by atoms with Crippen molar-refractivity contribution in [2.24, 2.45) is 0 Å². The van der Waals surface area contributed by atoms with Crippen LogP contribution in [0.1, 0.15) is 0 Å². The summed E-state index contributed by atoms with van der Waals surface area (Å²) >= 11 is 0. The molecule has 0 unspecified atom stereocenters. The van der Waals surface area contributed by atoms with Gasteiger partial charge in [-0.2, -0.15) is 0 Å². The number of halogens is 8. The third-order valence-corrected chi connectivity index (χ3v) is 0. The van der Waals surface area contributed by atoms with Crippen LogP contribution in [0.25, 0.3) is 0 Å². The van der Waals surface area contributed by atoms with E-state index in [1.807, 2.05) is 0 Å². The molecule has 0 aromatic heterocycles. The second kappa shape index (κ2) is 316. The van der Waals surface area contributed by atoms with Crippen LogP contribution in [0.5, 0.6) is 0 Å². The molecule has 0 aliphatic rings. The molecule has 11 heavy (non-hydrogen) atoms. The van der Waals surface area contributed by atoms with E-state index in [2.05, 4.69) is 0 Å². The Labute approximate surface area is 115 Å². The van der Waals surface area contributed by atoms with Crippen LogP contribution in [0.2, 0.25) is 0 Å². The van der Waals surface area contributed by atoms with Crippen molar-refractivity contribution in [1.82, 2.24) is 0 Å². The van der Waals surface area contributed by atoms with Crippen molar-refractivity contribution in [3.05, 3.63) is 0 Å². The summed E-state index contributed by atoms with van der Waals surface area (Å²) < 4.78 is 0. The van der Waals surface area contributed by atoms with E-state index in [9.17, 15) is 0 Å². The molecule has 0 rings (SSSR count). The lowest BCUT2D eigenvalue weighted by Crippen LogP contribution is -0.290. The van der Waals surface area contributed by atoms with Crippen molar-refractivity contribution in [1.29, 1.82) is 0 Å². The maximum absolute atomic E-state index is 0. The molecule has 0 amide bonds. The van der Waals surface area contributed by atoms with Gasteiger partial charge in [-0.05, 0) is 0 Å².